The maximum absolute atomic E-state index is 13.0. The number of rotatable bonds is 5. The van der Waals surface area contributed by atoms with E-state index in [2.05, 4.69) is 47.1 Å². The minimum absolute atomic E-state index is 0.174. The van der Waals surface area contributed by atoms with Crippen LogP contribution in [-0.4, -0.2) is 5.33 Å². The van der Waals surface area contributed by atoms with Crippen LogP contribution in [0.25, 0.3) is 0 Å². The third-order valence-corrected chi connectivity index (χ3v) is 3.94. The van der Waals surface area contributed by atoms with Crippen LogP contribution in [0.5, 0.6) is 0 Å². The normalized spacial score (nSPS) is 12.4. The zero-order chi connectivity index (χ0) is 13.7. The third-order valence-electron chi connectivity index (χ3n) is 3.38. The molecular weight excluding hydrogens is 303 g/mol. The smallest absolute Gasteiger partial charge is 0.123 e. The SMILES string of the molecule is Cc1ccc(C(CCCBr)c2ccc(F)cc2)cc1. The minimum atomic E-state index is -0.174. The first-order valence-corrected chi connectivity index (χ1v) is 7.71. The molecule has 0 spiro atoms. The van der Waals surface area contributed by atoms with E-state index < -0.39 is 0 Å². The van der Waals surface area contributed by atoms with Crippen LogP contribution in [0.4, 0.5) is 4.39 Å². The summed E-state index contributed by atoms with van der Waals surface area (Å²) in [6.45, 7) is 2.09. The summed E-state index contributed by atoms with van der Waals surface area (Å²) in [6, 6.07) is 15.5. The highest BCUT2D eigenvalue weighted by molar-refractivity contribution is 9.09. The Morgan fingerprint density at radius 1 is 0.947 bits per heavy atom. The lowest BCUT2D eigenvalue weighted by atomic mass is 9.87. The Bertz CT molecular complexity index is 456. The second-order valence-corrected chi connectivity index (χ2v) is 5.64. The first-order chi connectivity index (χ1) is 9.20. The summed E-state index contributed by atoms with van der Waals surface area (Å²) in [5.41, 5.74) is 3.76. The fourth-order valence-corrected chi connectivity index (χ4v) is 2.62. The van der Waals surface area contributed by atoms with Gasteiger partial charge in [0, 0.05) is 11.2 Å². The zero-order valence-corrected chi connectivity index (χ0v) is 12.7. The van der Waals surface area contributed by atoms with Crippen LogP contribution in [0.2, 0.25) is 0 Å². The molecule has 0 aliphatic carbocycles. The number of alkyl halides is 1. The summed E-state index contributed by atoms with van der Waals surface area (Å²) in [6.07, 6.45) is 2.18. The van der Waals surface area contributed by atoms with E-state index in [-0.39, 0.29) is 5.82 Å². The molecule has 0 nitrogen and oxygen atoms in total. The van der Waals surface area contributed by atoms with E-state index in [1.54, 1.807) is 12.1 Å². The summed E-state index contributed by atoms with van der Waals surface area (Å²) in [5.74, 6) is 0.172. The van der Waals surface area contributed by atoms with Crippen molar-refractivity contribution in [2.75, 3.05) is 5.33 Å². The van der Waals surface area contributed by atoms with E-state index in [0.29, 0.717) is 5.92 Å². The van der Waals surface area contributed by atoms with Crippen LogP contribution >= 0.6 is 15.9 Å². The molecule has 0 bridgehead atoms. The Balaban J connectivity index is 2.29. The second kappa shape index (κ2) is 6.85. The van der Waals surface area contributed by atoms with Crippen molar-refractivity contribution in [3.63, 3.8) is 0 Å². The lowest BCUT2D eigenvalue weighted by Gasteiger charge is -2.18. The molecule has 0 saturated carbocycles. The van der Waals surface area contributed by atoms with Crippen LogP contribution in [0.15, 0.2) is 48.5 Å². The molecule has 0 aliphatic rings. The molecule has 2 aromatic carbocycles. The largest absolute Gasteiger partial charge is 0.207 e. The van der Waals surface area contributed by atoms with E-state index in [1.807, 2.05) is 12.1 Å². The van der Waals surface area contributed by atoms with Gasteiger partial charge in [0.05, 0.1) is 0 Å². The van der Waals surface area contributed by atoms with E-state index in [0.717, 1.165) is 18.2 Å². The number of aryl methyl sites for hydroxylation is 1. The van der Waals surface area contributed by atoms with Gasteiger partial charge < -0.3 is 0 Å². The van der Waals surface area contributed by atoms with Crippen LogP contribution < -0.4 is 0 Å². The van der Waals surface area contributed by atoms with Crippen molar-refractivity contribution < 1.29 is 4.39 Å². The van der Waals surface area contributed by atoms with Crippen LogP contribution in [-0.2, 0) is 0 Å². The summed E-state index contributed by atoms with van der Waals surface area (Å²) in [7, 11) is 0. The van der Waals surface area contributed by atoms with E-state index in [9.17, 15) is 4.39 Å². The van der Waals surface area contributed by atoms with Gasteiger partial charge >= 0.3 is 0 Å². The van der Waals surface area contributed by atoms with Crippen LogP contribution in [0.3, 0.4) is 0 Å². The Kier molecular flexibility index (Phi) is 5.15. The van der Waals surface area contributed by atoms with E-state index >= 15 is 0 Å². The molecule has 2 aromatic rings. The van der Waals surface area contributed by atoms with Gasteiger partial charge in [0.15, 0.2) is 0 Å². The molecular formula is C17H18BrF. The topological polar surface area (TPSA) is 0 Å². The third kappa shape index (κ3) is 3.90. The maximum Gasteiger partial charge on any atom is 0.123 e. The summed E-state index contributed by atoms with van der Waals surface area (Å²) in [4.78, 5) is 0. The van der Waals surface area contributed by atoms with Gasteiger partial charge in [0.2, 0.25) is 0 Å². The predicted octanol–water partition coefficient (Wildman–Crippen LogP) is 5.44. The van der Waals surface area contributed by atoms with Gasteiger partial charge in [-0.1, -0.05) is 57.9 Å². The molecule has 1 unspecified atom stereocenters. The van der Waals surface area contributed by atoms with Crippen molar-refractivity contribution >= 4 is 15.9 Å². The summed E-state index contributed by atoms with van der Waals surface area (Å²) < 4.78 is 13.0. The number of hydrogen-bond acceptors (Lipinski definition) is 0. The second-order valence-electron chi connectivity index (χ2n) is 4.85. The Hall–Kier alpha value is -1.15. The van der Waals surface area contributed by atoms with Gasteiger partial charge in [-0.2, -0.15) is 0 Å². The standard InChI is InChI=1S/C17H18BrF/c1-13-4-6-14(7-5-13)17(3-2-12-18)15-8-10-16(19)11-9-15/h4-11,17H,2-3,12H2,1H3. The Labute approximate surface area is 122 Å². The lowest BCUT2D eigenvalue weighted by Crippen LogP contribution is -2.02. The summed E-state index contributed by atoms with van der Waals surface area (Å²) in [5, 5.41) is 0.997. The Morgan fingerprint density at radius 3 is 2.00 bits per heavy atom. The van der Waals surface area contributed by atoms with E-state index in [4.69, 9.17) is 0 Å². The molecule has 0 aliphatic heterocycles. The molecule has 19 heavy (non-hydrogen) atoms. The molecule has 0 N–H and O–H groups in total. The van der Waals surface area contributed by atoms with Crippen LogP contribution in [0.1, 0.15) is 35.4 Å². The minimum Gasteiger partial charge on any atom is -0.207 e. The monoisotopic (exact) mass is 320 g/mol. The van der Waals surface area contributed by atoms with Crippen molar-refractivity contribution in [2.45, 2.75) is 25.7 Å². The van der Waals surface area contributed by atoms with Gasteiger partial charge in [-0.05, 0) is 43.0 Å². The average molecular weight is 321 g/mol. The molecule has 100 valence electrons. The van der Waals surface area contributed by atoms with E-state index in [1.165, 1.54) is 16.7 Å². The molecule has 2 heteroatoms. The molecule has 0 heterocycles. The average Bonchev–Trinajstić information content (AvgIpc) is 2.43. The number of hydrogen-bond donors (Lipinski definition) is 0. The highest BCUT2D eigenvalue weighted by atomic mass is 79.9. The fourth-order valence-electron chi connectivity index (χ4n) is 2.30. The molecule has 0 fully saturated rings. The predicted molar refractivity (Wildman–Crippen MR) is 82.5 cm³/mol. The molecule has 2 rings (SSSR count). The van der Waals surface area contributed by atoms with Crippen LogP contribution in [0, 0.1) is 12.7 Å². The van der Waals surface area contributed by atoms with Crippen molar-refractivity contribution in [1.29, 1.82) is 0 Å². The quantitative estimate of drug-likeness (QED) is 0.643. The zero-order valence-electron chi connectivity index (χ0n) is 11.1. The molecule has 0 radical (unpaired) electrons. The van der Waals surface area contributed by atoms with Crippen molar-refractivity contribution in [3.05, 3.63) is 71.0 Å². The van der Waals surface area contributed by atoms with Gasteiger partial charge in [-0.3, -0.25) is 0 Å². The van der Waals surface area contributed by atoms with Gasteiger partial charge in [-0.25, -0.2) is 4.39 Å². The fraction of sp³-hybridized carbons (Fsp3) is 0.294. The molecule has 1 atom stereocenters. The molecule has 0 amide bonds. The van der Waals surface area contributed by atoms with Gasteiger partial charge in [0.1, 0.15) is 5.82 Å². The highest BCUT2D eigenvalue weighted by Gasteiger charge is 2.13. The van der Waals surface area contributed by atoms with Crippen molar-refractivity contribution in [2.24, 2.45) is 0 Å². The lowest BCUT2D eigenvalue weighted by molar-refractivity contribution is 0.624. The summed E-state index contributed by atoms with van der Waals surface area (Å²) >= 11 is 3.49. The van der Waals surface area contributed by atoms with Crippen molar-refractivity contribution in [3.8, 4) is 0 Å². The Morgan fingerprint density at radius 2 is 1.47 bits per heavy atom. The van der Waals surface area contributed by atoms with Crippen molar-refractivity contribution in [1.82, 2.24) is 0 Å². The van der Waals surface area contributed by atoms with Gasteiger partial charge in [0.25, 0.3) is 0 Å². The van der Waals surface area contributed by atoms with Gasteiger partial charge in [-0.15, -0.1) is 0 Å². The maximum atomic E-state index is 13.0. The number of benzene rings is 2. The first kappa shape index (κ1) is 14.3. The highest BCUT2D eigenvalue weighted by Crippen LogP contribution is 2.29. The number of halogens is 2. The molecule has 0 aromatic heterocycles. The molecule has 0 saturated heterocycles. The first-order valence-electron chi connectivity index (χ1n) is 6.58.